The first-order valence-corrected chi connectivity index (χ1v) is 14.6. The summed E-state index contributed by atoms with van der Waals surface area (Å²) < 4.78 is 5.39. The normalized spacial score (nSPS) is 16.8. The maximum atomic E-state index is 12.5. The molecule has 0 aliphatic heterocycles. The van der Waals surface area contributed by atoms with Crippen LogP contribution in [0, 0.1) is 0 Å². The highest BCUT2D eigenvalue weighted by atomic mass is 32.1. The van der Waals surface area contributed by atoms with Crippen LogP contribution in [-0.4, -0.2) is 53.9 Å². The zero-order valence-electron chi connectivity index (χ0n) is 21.7. The fraction of sp³-hybridized carbons (Fsp3) is 0.385. The van der Waals surface area contributed by atoms with Gasteiger partial charge in [-0.25, -0.2) is 0 Å². The van der Waals surface area contributed by atoms with Crippen LogP contribution in [0.5, 0.6) is 11.5 Å². The largest absolute Gasteiger partial charge is 0.506 e. The fourth-order valence-electron chi connectivity index (χ4n) is 4.48. The van der Waals surface area contributed by atoms with Gasteiger partial charge in [0.1, 0.15) is 21.5 Å². The Balaban J connectivity index is 1.13. The number of nitrogens with zero attached hydrogens (tertiary/aromatic N) is 6. The SMILES string of the molecule is CCOc1ccc(CC(=O)Nc2nnc(C3CCCC(c4nnc(NC(=O)Cc5ccc(O)cn5)s4)C3)s2)nc1. The smallest absolute Gasteiger partial charge is 0.232 e. The summed E-state index contributed by atoms with van der Waals surface area (Å²) in [5, 5.41) is 34.7. The summed E-state index contributed by atoms with van der Waals surface area (Å²) in [5.74, 6) is 0.680. The van der Waals surface area contributed by atoms with E-state index in [0.717, 1.165) is 35.7 Å². The summed E-state index contributed by atoms with van der Waals surface area (Å²) in [6, 6.07) is 6.67. The van der Waals surface area contributed by atoms with Gasteiger partial charge in [0.15, 0.2) is 0 Å². The van der Waals surface area contributed by atoms with Crippen LogP contribution in [-0.2, 0) is 22.4 Å². The van der Waals surface area contributed by atoms with Crippen LogP contribution in [0.2, 0.25) is 0 Å². The number of nitrogens with one attached hydrogen (secondary N) is 2. The summed E-state index contributed by atoms with van der Waals surface area (Å²) in [4.78, 5) is 33.2. The number of anilines is 2. The van der Waals surface area contributed by atoms with Crippen molar-refractivity contribution in [3.63, 3.8) is 0 Å². The van der Waals surface area contributed by atoms with Gasteiger partial charge in [0.05, 0.1) is 31.8 Å². The summed E-state index contributed by atoms with van der Waals surface area (Å²) in [6.07, 6.45) is 6.94. The lowest BCUT2D eigenvalue weighted by Gasteiger charge is -2.25. The Kier molecular flexibility index (Phi) is 8.86. The Morgan fingerprint density at radius 1 is 0.875 bits per heavy atom. The van der Waals surface area contributed by atoms with E-state index in [1.165, 1.54) is 34.9 Å². The number of aromatic hydroxyl groups is 1. The molecule has 2 amide bonds. The lowest BCUT2D eigenvalue weighted by molar-refractivity contribution is -0.116. The molecular formula is C26H28N8O4S2. The third-order valence-electron chi connectivity index (χ3n) is 6.35. The second-order valence-corrected chi connectivity index (χ2v) is 11.3. The topological polar surface area (TPSA) is 165 Å². The molecule has 0 radical (unpaired) electrons. The Labute approximate surface area is 238 Å². The molecule has 1 aliphatic rings. The van der Waals surface area contributed by atoms with Gasteiger partial charge < -0.3 is 20.5 Å². The van der Waals surface area contributed by atoms with Crippen molar-refractivity contribution in [2.24, 2.45) is 0 Å². The number of pyridine rings is 2. The van der Waals surface area contributed by atoms with Crippen LogP contribution in [0.3, 0.4) is 0 Å². The molecule has 1 aliphatic carbocycles. The molecule has 4 aromatic heterocycles. The van der Waals surface area contributed by atoms with Gasteiger partial charge in [-0.15, -0.1) is 20.4 Å². The number of amides is 2. The van der Waals surface area contributed by atoms with Crippen LogP contribution in [0.1, 0.15) is 65.8 Å². The molecule has 5 rings (SSSR count). The molecule has 0 saturated heterocycles. The van der Waals surface area contributed by atoms with Gasteiger partial charge in [0, 0.05) is 23.2 Å². The highest BCUT2D eigenvalue weighted by Gasteiger charge is 2.29. The predicted octanol–water partition coefficient (Wildman–Crippen LogP) is 4.09. The molecule has 1 saturated carbocycles. The van der Waals surface area contributed by atoms with Crippen LogP contribution in [0.15, 0.2) is 36.7 Å². The van der Waals surface area contributed by atoms with E-state index in [9.17, 15) is 14.7 Å². The predicted molar refractivity (Wildman–Crippen MR) is 150 cm³/mol. The zero-order valence-corrected chi connectivity index (χ0v) is 23.4. The molecular weight excluding hydrogens is 552 g/mol. The average Bonchev–Trinajstić information content (AvgIpc) is 3.61. The fourth-order valence-corrected chi connectivity index (χ4v) is 6.30. The second-order valence-electron chi connectivity index (χ2n) is 9.33. The van der Waals surface area contributed by atoms with Crippen molar-refractivity contribution >= 4 is 44.8 Å². The van der Waals surface area contributed by atoms with Crippen molar-refractivity contribution in [2.75, 3.05) is 17.2 Å². The quantitative estimate of drug-likeness (QED) is 0.249. The summed E-state index contributed by atoms with van der Waals surface area (Å²) in [6.45, 7) is 2.46. The lowest BCUT2D eigenvalue weighted by atomic mass is 9.82. The maximum Gasteiger partial charge on any atom is 0.232 e. The van der Waals surface area contributed by atoms with Crippen LogP contribution in [0.4, 0.5) is 10.3 Å². The molecule has 2 atom stereocenters. The summed E-state index contributed by atoms with van der Waals surface area (Å²) in [5.41, 5.74) is 1.20. The number of hydrogen-bond acceptors (Lipinski definition) is 12. The Bertz CT molecular complexity index is 1440. The first kappa shape index (κ1) is 27.5. The molecule has 0 aromatic carbocycles. The van der Waals surface area contributed by atoms with E-state index in [4.69, 9.17) is 4.74 Å². The zero-order chi connectivity index (χ0) is 27.9. The van der Waals surface area contributed by atoms with Gasteiger partial charge in [-0.3, -0.25) is 19.6 Å². The molecule has 1 fully saturated rings. The molecule has 12 nitrogen and oxygen atoms in total. The average molecular weight is 581 g/mol. The molecule has 0 spiro atoms. The van der Waals surface area contributed by atoms with Crippen molar-refractivity contribution < 1.29 is 19.4 Å². The van der Waals surface area contributed by atoms with Crippen molar-refractivity contribution in [1.29, 1.82) is 0 Å². The molecule has 3 N–H and O–H groups in total. The van der Waals surface area contributed by atoms with Crippen LogP contribution in [0.25, 0.3) is 0 Å². The molecule has 4 aromatic rings. The van der Waals surface area contributed by atoms with Crippen molar-refractivity contribution in [1.82, 2.24) is 30.4 Å². The molecule has 208 valence electrons. The molecule has 40 heavy (non-hydrogen) atoms. The van der Waals surface area contributed by atoms with E-state index in [-0.39, 0.29) is 42.2 Å². The van der Waals surface area contributed by atoms with E-state index in [1.54, 1.807) is 24.4 Å². The summed E-state index contributed by atoms with van der Waals surface area (Å²) >= 11 is 2.77. The third-order valence-corrected chi connectivity index (χ3v) is 8.35. The Hall–Kier alpha value is -4.04. The van der Waals surface area contributed by atoms with Gasteiger partial charge in [0.25, 0.3) is 0 Å². The number of carbonyl (C=O) groups is 2. The highest BCUT2D eigenvalue weighted by Crippen LogP contribution is 2.43. The molecule has 4 heterocycles. The van der Waals surface area contributed by atoms with Crippen LogP contribution >= 0.6 is 22.7 Å². The second kappa shape index (κ2) is 12.9. The lowest BCUT2D eigenvalue weighted by Crippen LogP contribution is -2.15. The maximum absolute atomic E-state index is 12.5. The number of hydrogen-bond donors (Lipinski definition) is 3. The summed E-state index contributed by atoms with van der Waals surface area (Å²) in [7, 11) is 0. The first-order chi connectivity index (χ1) is 19.4. The molecule has 14 heteroatoms. The monoisotopic (exact) mass is 580 g/mol. The van der Waals surface area contributed by atoms with E-state index in [1.807, 2.05) is 6.92 Å². The highest BCUT2D eigenvalue weighted by molar-refractivity contribution is 7.15. The van der Waals surface area contributed by atoms with E-state index in [2.05, 4.69) is 41.0 Å². The number of ether oxygens (including phenoxy) is 1. The van der Waals surface area contributed by atoms with E-state index < -0.39 is 0 Å². The number of aromatic nitrogens is 6. The van der Waals surface area contributed by atoms with Gasteiger partial charge in [-0.05, 0) is 50.5 Å². The molecule has 2 unspecified atom stereocenters. The Morgan fingerprint density at radius 3 is 1.95 bits per heavy atom. The third kappa shape index (κ3) is 7.33. The first-order valence-electron chi connectivity index (χ1n) is 12.9. The van der Waals surface area contributed by atoms with Crippen molar-refractivity contribution in [3.8, 4) is 11.5 Å². The van der Waals surface area contributed by atoms with Crippen molar-refractivity contribution in [3.05, 3.63) is 58.1 Å². The minimum absolute atomic E-state index is 0.0517. The Morgan fingerprint density at radius 2 is 1.45 bits per heavy atom. The number of rotatable bonds is 10. The van der Waals surface area contributed by atoms with E-state index in [0.29, 0.717) is 34.0 Å². The van der Waals surface area contributed by atoms with Gasteiger partial charge in [-0.1, -0.05) is 29.1 Å². The van der Waals surface area contributed by atoms with Crippen molar-refractivity contribution in [2.45, 2.75) is 57.3 Å². The van der Waals surface area contributed by atoms with Crippen LogP contribution < -0.4 is 15.4 Å². The molecule has 0 bridgehead atoms. The van der Waals surface area contributed by atoms with Gasteiger partial charge >= 0.3 is 0 Å². The van der Waals surface area contributed by atoms with Gasteiger partial charge in [-0.2, -0.15) is 0 Å². The number of carbonyl (C=O) groups excluding carboxylic acids is 2. The standard InChI is InChI=1S/C26H28N8O4S2/c1-2-38-20-9-7-18(28-14-20)12-22(37)30-26-34-32-24(40-26)16-5-3-4-15(10-16)23-31-33-25(39-23)29-21(36)11-17-6-8-19(35)13-27-17/h6-9,13-16,35H,2-5,10-12H2,1H3,(H,29,33,36)(H,30,34,37). The minimum Gasteiger partial charge on any atom is -0.506 e. The van der Waals surface area contributed by atoms with E-state index >= 15 is 0 Å². The van der Waals surface area contributed by atoms with Gasteiger partial charge in [0.2, 0.25) is 22.1 Å². The minimum atomic E-state index is -0.246.